The fraction of sp³-hybridized carbons (Fsp3) is 0.500. The molecule has 3 nitrogen and oxygen atoms in total. The molecule has 0 N–H and O–H groups in total. The van der Waals surface area contributed by atoms with Gasteiger partial charge in [0.2, 0.25) is 0 Å². The zero-order chi connectivity index (χ0) is 7.14. The van der Waals surface area contributed by atoms with E-state index in [0.29, 0.717) is 0 Å². The SMILES string of the molecule is Cn1oc(=O)c2c1CCS2. The van der Waals surface area contributed by atoms with Gasteiger partial charge >= 0.3 is 5.63 Å². The number of aromatic nitrogens is 1. The van der Waals surface area contributed by atoms with Gasteiger partial charge in [-0.3, -0.25) is 0 Å². The van der Waals surface area contributed by atoms with E-state index in [1.54, 1.807) is 23.5 Å². The molecule has 2 rings (SSSR count). The van der Waals surface area contributed by atoms with E-state index in [0.717, 1.165) is 22.8 Å². The Morgan fingerprint density at radius 2 is 2.50 bits per heavy atom. The number of aryl methyl sites for hydroxylation is 1. The van der Waals surface area contributed by atoms with Gasteiger partial charge in [-0.25, -0.2) is 9.53 Å². The molecule has 1 aliphatic heterocycles. The summed E-state index contributed by atoms with van der Waals surface area (Å²) in [7, 11) is 1.77. The van der Waals surface area contributed by atoms with Gasteiger partial charge in [0.1, 0.15) is 4.90 Å². The molecule has 0 bridgehead atoms. The second-order valence-electron chi connectivity index (χ2n) is 2.25. The average Bonchev–Trinajstić information content (AvgIpc) is 2.39. The van der Waals surface area contributed by atoms with E-state index < -0.39 is 0 Å². The summed E-state index contributed by atoms with van der Waals surface area (Å²) in [6.07, 6.45) is 0.961. The van der Waals surface area contributed by atoms with Crippen LogP contribution in [0.3, 0.4) is 0 Å². The zero-order valence-corrected chi connectivity index (χ0v) is 6.40. The van der Waals surface area contributed by atoms with Crippen molar-refractivity contribution in [2.75, 3.05) is 5.75 Å². The van der Waals surface area contributed by atoms with Gasteiger partial charge in [-0.2, -0.15) is 0 Å². The molecule has 0 fully saturated rings. The lowest BCUT2D eigenvalue weighted by Crippen LogP contribution is -1.95. The van der Waals surface area contributed by atoms with Crippen molar-refractivity contribution in [1.82, 2.24) is 4.74 Å². The van der Waals surface area contributed by atoms with Crippen LogP contribution >= 0.6 is 11.8 Å². The van der Waals surface area contributed by atoms with Crippen molar-refractivity contribution in [1.29, 1.82) is 0 Å². The second kappa shape index (κ2) is 1.92. The summed E-state index contributed by atoms with van der Waals surface area (Å²) in [6.45, 7) is 0. The molecule has 4 heteroatoms. The molecular formula is C6H7NO2S. The Balaban J connectivity index is 2.73. The van der Waals surface area contributed by atoms with Crippen LogP contribution in [0, 0.1) is 0 Å². The fourth-order valence-electron chi connectivity index (χ4n) is 1.14. The summed E-state index contributed by atoms with van der Waals surface area (Å²) < 4.78 is 6.39. The normalized spacial score (nSPS) is 15.7. The molecular weight excluding hydrogens is 150 g/mol. The van der Waals surface area contributed by atoms with Gasteiger partial charge < -0.3 is 4.52 Å². The summed E-state index contributed by atoms with van der Waals surface area (Å²) in [5.41, 5.74) is 0.870. The molecule has 0 amide bonds. The van der Waals surface area contributed by atoms with Crippen LogP contribution in [-0.2, 0) is 13.5 Å². The van der Waals surface area contributed by atoms with E-state index in [9.17, 15) is 4.79 Å². The third-order valence-corrected chi connectivity index (χ3v) is 2.73. The van der Waals surface area contributed by atoms with Crippen molar-refractivity contribution in [3.8, 4) is 0 Å². The van der Waals surface area contributed by atoms with Crippen molar-refractivity contribution >= 4 is 11.8 Å². The molecule has 1 aromatic rings. The van der Waals surface area contributed by atoms with Crippen LogP contribution in [0.15, 0.2) is 14.2 Å². The number of nitrogens with zero attached hydrogens (tertiary/aromatic N) is 1. The molecule has 2 heterocycles. The molecule has 0 unspecified atom stereocenters. The van der Waals surface area contributed by atoms with Crippen molar-refractivity contribution in [3.63, 3.8) is 0 Å². The first-order valence-electron chi connectivity index (χ1n) is 3.11. The Kier molecular flexibility index (Phi) is 1.17. The Hall–Kier alpha value is -0.640. The Morgan fingerprint density at radius 1 is 1.70 bits per heavy atom. The van der Waals surface area contributed by atoms with Crippen LogP contribution in [0.25, 0.3) is 0 Å². The summed E-state index contributed by atoms with van der Waals surface area (Å²) >= 11 is 1.59. The van der Waals surface area contributed by atoms with Gasteiger partial charge in [0, 0.05) is 19.2 Å². The number of fused-ring (bicyclic) bond motifs is 1. The van der Waals surface area contributed by atoms with Crippen LogP contribution in [0.5, 0.6) is 0 Å². The first-order chi connectivity index (χ1) is 4.79. The van der Waals surface area contributed by atoms with Gasteiger partial charge in [-0.1, -0.05) is 0 Å². The number of hydrogen-bond donors (Lipinski definition) is 0. The fourth-order valence-corrected chi connectivity index (χ4v) is 2.20. The van der Waals surface area contributed by atoms with Gasteiger partial charge in [0.15, 0.2) is 0 Å². The highest BCUT2D eigenvalue weighted by Crippen LogP contribution is 2.27. The lowest BCUT2D eigenvalue weighted by atomic mass is 10.3. The molecule has 54 valence electrons. The maximum atomic E-state index is 10.9. The predicted octanol–water partition coefficient (Wildman–Crippen LogP) is 0.627. The molecule has 0 aromatic carbocycles. The maximum absolute atomic E-state index is 10.9. The highest BCUT2D eigenvalue weighted by atomic mass is 32.2. The minimum absolute atomic E-state index is 0.181. The Morgan fingerprint density at radius 3 is 3.20 bits per heavy atom. The largest absolute Gasteiger partial charge is 0.371 e. The van der Waals surface area contributed by atoms with Crippen LogP contribution in [-0.4, -0.2) is 10.5 Å². The molecule has 0 atom stereocenters. The standard InChI is InChI=1S/C6H7NO2S/c1-7-4-2-3-10-5(4)6(8)9-7/h2-3H2,1H3. The monoisotopic (exact) mass is 157 g/mol. The Labute approximate surface area is 62.0 Å². The molecule has 0 radical (unpaired) electrons. The summed E-state index contributed by atoms with van der Waals surface area (Å²) in [5, 5.41) is 0. The van der Waals surface area contributed by atoms with Crippen molar-refractivity contribution in [2.24, 2.45) is 7.05 Å². The van der Waals surface area contributed by atoms with Crippen LogP contribution < -0.4 is 5.63 Å². The van der Waals surface area contributed by atoms with Gasteiger partial charge in [0.25, 0.3) is 0 Å². The number of hydrogen-bond acceptors (Lipinski definition) is 3. The average molecular weight is 157 g/mol. The summed E-state index contributed by atoms with van der Waals surface area (Å²) in [5.74, 6) is 1.02. The van der Waals surface area contributed by atoms with Crippen LogP contribution in [0.1, 0.15) is 5.69 Å². The van der Waals surface area contributed by atoms with Crippen molar-refractivity contribution in [2.45, 2.75) is 11.3 Å². The third-order valence-electron chi connectivity index (χ3n) is 1.63. The summed E-state index contributed by atoms with van der Waals surface area (Å²) in [6, 6.07) is 0. The molecule has 0 saturated heterocycles. The second-order valence-corrected chi connectivity index (χ2v) is 3.36. The van der Waals surface area contributed by atoms with Gasteiger partial charge in [0.05, 0.1) is 5.69 Å². The topological polar surface area (TPSA) is 35.1 Å². The molecule has 1 aromatic heterocycles. The molecule has 10 heavy (non-hydrogen) atoms. The number of rotatable bonds is 0. The minimum atomic E-state index is -0.181. The first-order valence-corrected chi connectivity index (χ1v) is 4.09. The number of thioether (sulfide) groups is 1. The molecule has 0 aliphatic carbocycles. The van der Waals surface area contributed by atoms with Gasteiger partial charge in [-0.15, -0.1) is 11.8 Å². The molecule has 1 aliphatic rings. The van der Waals surface area contributed by atoms with Crippen molar-refractivity contribution in [3.05, 3.63) is 16.1 Å². The van der Waals surface area contributed by atoms with E-state index >= 15 is 0 Å². The highest BCUT2D eigenvalue weighted by Gasteiger charge is 2.20. The molecule has 0 saturated carbocycles. The predicted molar refractivity (Wildman–Crippen MR) is 38.4 cm³/mol. The quantitative estimate of drug-likeness (QED) is 0.554. The van der Waals surface area contributed by atoms with Crippen molar-refractivity contribution < 1.29 is 4.52 Å². The highest BCUT2D eigenvalue weighted by molar-refractivity contribution is 7.99. The lowest BCUT2D eigenvalue weighted by Gasteiger charge is -1.90. The van der Waals surface area contributed by atoms with E-state index in [-0.39, 0.29) is 5.63 Å². The first kappa shape index (κ1) is 6.09. The zero-order valence-electron chi connectivity index (χ0n) is 5.59. The smallest absolute Gasteiger partial charge is 0.335 e. The van der Waals surface area contributed by atoms with Crippen LogP contribution in [0.2, 0.25) is 0 Å². The Bertz CT molecular complexity index is 312. The van der Waals surface area contributed by atoms with Gasteiger partial charge in [-0.05, 0) is 0 Å². The van der Waals surface area contributed by atoms with E-state index in [1.165, 1.54) is 0 Å². The van der Waals surface area contributed by atoms with E-state index in [2.05, 4.69) is 0 Å². The molecule has 0 spiro atoms. The third kappa shape index (κ3) is 0.653. The van der Waals surface area contributed by atoms with Crippen LogP contribution in [0.4, 0.5) is 0 Å². The summed E-state index contributed by atoms with van der Waals surface area (Å²) in [4.78, 5) is 11.7. The van der Waals surface area contributed by atoms with E-state index in [4.69, 9.17) is 4.52 Å². The maximum Gasteiger partial charge on any atom is 0.371 e. The minimum Gasteiger partial charge on any atom is -0.335 e. The lowest BCUT2D eigenvalue weighted by molar-refractivity contribution is 0.277. The van der Waals surface area contributed by atoms with E-state index in [1.807, 2.05) is 0 Å².